The number of thioether (sulfide) groups is 1. The number of rotatable bonds is 9. The van der Waals surface area contributed by atoms with Crippen LogP contribution in [-0.4, -0.2) is 20.9 Å². The van der Waals surface area contributed by atoms with Gasteiger partial charge in [-0.1, -0.05) is 58.2 Å². The van der Waals surface area contributed by atoms with E-state index in [1.165, 1.54) is 42.5 Å². The monoisotopic (exact) mass is 422 g/mol. The summed E-state index contributed by atoms with van der Waals surface area (Å²) in [4.78, 5) is 20.5. The van der Waals surface area contributed by atoms with E-state index in [2.05, 4.69) is 34.6 Å². The van der Waals surface area contributed by atoms with E-state index >= 15 is 0 Å². The molecule has 0 N–H and O–H groups in total. The zero-order chi connectivity index (χ0) is 20.3. The summed E-state index contributed by atoms with van der Waals surface area (Å²) in [5.74, 6) is 1.44. The highest BCUT2D eigenvalue weighted by Gasteiger charge is 2.31. The first-order valence-corrected chi connectivity index (χ1v) is 12.4. The second kappa shape index (κ2) is 9.31. The van der Waals surface area contributed by atoms with Crippen molar-refractivity contribution in [3.05, 3.63) is 20.8 Å². The van der Waals surface area contributed by atoms with Gasteiger partial charge in [0.25, 0.3) is 5.56 Å². The lowest BCUT2D eigenvalue weighted by molar-refractivity contribution is -0.0379. The molecule has 2 aromatic rings. The van der Waals surface area contributed by atoms with Gasteiger partial charge in [0.15, 0.2) is 5.16 Å². The van der Waals surface area contributed by atoms with E-state index in [0.29, 0.717) is 12.5 Å². The molecule has 3 heterocycles. The van der Waals surface area contributed by atoms with Gasteiger partial charge in [-0.3, -0.25) is 9.36 Å². The van der Waals surface area contributed by atoms with Crippen molar-refractivity contribution in [1.29, 1.82) is 0 Å². The Kier molecular flexibility index (Phi) is 7.26. The Labute approximate surface area is 177 Å². The van der Waals surface area contributed by atoms with Crippen LogP contribution in [-0.2, 0) is 24.3 Å². The molecule has 0 atom stereocenters. The number of aromatic nitrogens is 2. The fraction of sp³-hybridized carbons (Fsp3) is 0.727. The van der Waals surface area contributed by atoms with E-state index in [1.54, 1.807) is 23.1 Å². The molecular formula is C22H34N2O2S2. The van der Waals surface area contributed by atoms with Crippen molar-refractivity contribution < 1.29 is 4.74 Å². The second-order valence-electron chi connectivity index (χ2n) is 8.88. The first-order chi connectivity index (χ1) is 13.3. The molecule has 3 rings (SSSR count). The maximum atomic E-state index is 13.5. The van der Waals surface area contributed by atoms with Gasteiger partial charge >= 0.3 is 0 Å². The van der Waals surface area contributed by atoms with Crippen LogP contribution in [0.3, 0.4) is 0 Å². The highest BCUT2D eigenvalue weighted by molar-refractivity contribution is 7.99. The standard InChI is InChI=1S/C22H34N2O2S2/c1-6-7-8-9-10-11-27-21-23-19-18(20(25)24(21)13-15(2)3)16-12-22(4,5)26-14-17(16)28-19/h15H,6-14H2,1-5H3. The Balaban J connectivity index is 1.91. The largest absolute Gasteiger partial charge is 0.370 e. The maximum absolute atomic E-state index is 13.5. The molecule has 1 aliphatic rings. The Hall–Kier alpha value is -0.850. The molecule has 0 saturated heterocycles. The fourth-order valence-corrected chi connectivity index (χ4v) is 5.86. The molecular weight excluding hydrogens is 388 g/mol. The molecule has 2 aromatic heterocycles. The van der Waals surface area contributed by atoms with E-state index in [1.807, 2.05) is 4.57 Å². The van der Waals surface area contributed by atoms with Crippen LogP contribution in [0.2, 0.25) is 0 Å². The lowest BCUT2D eigenvalue weighted by atomic mass is 9.94. The summed E-state index contributed by atoms with van der Waals surface area (Å²) in [5, 5.41) is 1.73. The summed E-state index contributed by atoms with van der Waals surface area (Å²) in [5.41, 5.74) is 1.09. The van der Waals surface area contributed by atoms with Crippen LogP contribution in [0.15, 0.2) is 9.95 Å². The second-order valence-corrected chi connectivity index (χ2v) is 11.0. The molecule has 0 unspecified atom stereocenters. The molecule has 0 bridgehead atoms. The molecule has 0 fully saturated rings. The van der Waals surface area contributed by atoms with Gasteiger partial charge in [0, 0.05) is 23.6 Å². The Morgan fingerprint density at radius 1 is 1.25 bits per heavy atom. The minimum atomic E-state index is -0.220. The summed E-state index contributed by atoms with van der Waals surface area (Å²) in [6.45, 7) is 12.1. The maximum Gasteiger partial charge on any atom is 0.263 e. The number of nitrogens with zero attached hydrogens (tertiary/aromatic N) is 2. The molecule has 0 aromatic carbocycles. The quantitative estimate of drug-likeness (QED) is 0.281. The Morgan fingerprint density at radius 3 is 2.71 bits per heavy atom. The molecule has 0 aliphatic carbocycles. The van der Waals surface area contributed by atoms with Crippen LogP contribution in [0.1, 0.15) is 77.2 Å². The zero-order valence-corrected chi connectivity index (χ0v) is 19.6. The van der Waals surface area contributed by atoms with Gasteiger partial charge in [-0.05, 0) is 31.7 Å². The van der Waals surface area contributed by atoms with Gasteiger partial charge in [-0.25, -0.2) is 4.98 Å². The van der Waals surface area contributed by atoms with Crippen LogP contribution in [0, 0.1) is 5.92 Å². The van der Waals surface area contributed by atoms with Crippen molar-refractivity contribution in [2.75, 3.05) is 5.75 Å². The van der Waals surface area contributed by atoms with Crippen molar-refractivity contribution in [2.45, 2.75) is 97.1 Å². The van der Waals surface area contributed by atoms with E-state index < -0.39 is 0 Å². The summed E-state index contributed by atoms with van der Waals surface area (Å²) in [6.07, 6.45) is 7.11. The third-order valence-electron chi connectivity index (χ3n) is 5.18. The highest BCUT2D eigenvalue weighted by atomic mass is 32.2. The molecule has 0 spiro atoms. The minimum Gasteiger partial charge on any atom is -0.370 e. The highest BCUT2D eigenvalue weighted by Crippen LogP contribution is 2.37. The third-order valence-corrected chi connectivity index (χ3v) is 7.34. The SMILES string of the molecule is CCCCCCCSc1nc2sc3c(c2c(=O)n1CC(C)C)CC(C)(C)OC3. The number of unbranched alkanes of at least 4 members (excludes halogenated alkanes) is 4. The summed E-state index contributed by atoms with van der Waals surface area (Å²) in [7, 11) is 0. The number of ether oxygens (including phenoxy) is 1. The predicted octanol–water partition coefficient (Wildman–Crippen LogP) is 6.03. The number of fused-ring (bicyclic) bond motifs is 3. The Morgan fingerprint density at radius 2 is 2.00 bits per heavy atom. The molecule has 156 valence electrons. The van der Waals surface area contributed by atoms with Gasteiger partial charge in [-0.15, -0.1) is 11.3 Å². The number of thiophene rings is 1. The smallest absolute Gasteiger partial charge is 0.263 e. The average Bonchev–Trinajstić information content (AvgIpc) is 2.97. The Bertz CT molecular complexity index is 868. The van der Waals surface area contributed by atoms with Crippen molar-refractivity contribution in [3.63, 3.8) is 0 Å². The molecule has 6 heteroatoms. The van der Waals surface area contributed by atoms with Gasteiger partial charge in [0.2, 0.25) is 0 Å². The van der Waals surface area contributed by atoms with E-state index in [9.17, 15) is 4.79 Å². The van der Waals surface area contributed by atoms with Gasteiger partial charge in [0.05, 0.1) is 17.6 Å². The summed E-state index contributed by atoms with van der Waals surface area (Å²) < 4.78 is 7.90. The van der Waals surface area contributed by atoms with Crippen LogP contribution < -0.4 is 5.56 Å². The van der Waals surface area contributed by atoms with Crippen molar-refractivity contribution in [2.24, 2.45) is 5.92 Å². The normalized spacial score (nSPS) is 16.1. The van der Waals surface area contributed by atoms with Crippen LogP contribution >= 0.6 is 23.1 Å². The molecule has 4 nitrogen and oxygen atoms in total. The lowest BCUT2D eigenvalue weighted by Gasteiger charge is -2.30. The van der Waals surface area contributed by atoms with E-state index in [0.717, 1.165) is 34.1 Å². The fourth-order valence-electron chi connectivity index (χ4n) is 3.71. The van der Waals surface area contributed by atoms with Crippen molar-refractivity contribution in [1.82, 2.24) is 9.55 Å². The summed E-state index contributed by atoms with van der Waals surface area (Å²) >= 11 is 3.39. The van der Waals surface area contributed by atoms with Crippen LogP contribution in [0.25, 0.3) is 10.2 Å². The first kappa shape index (κ1) is 21.8. The topological polar surface area (TPSA) is 44.1 Å². The predicted molar refractivity (Wildman–Crippen MR) is 121 cm³/mol. The lowest BCUT2D eigenvalue weighted by Crippen LogP contribution is -2.32. The van der Waals surface area contributed by atoms with E-state index in [4.69, 9.17) is 9.72 Å². The van der Waals surface area contributed by atoms with Crippen LogP contribution in [0.4, 0.5) is 0 Å². The molecule has 0 saturated carbocycles. The van der Waals surface area contributed by atoms with Gasteiger partial charge in [0.1, 0.15) is 4.83 Å². The van der Waals surface area contributed by atoms with Crippen molar-refractivity contribution in [3.8, 4) is 0 Å². The van der Waals surface area contributed by atoms with Gasteiger partial charge in [-0.2, -0.15) is 0 Å². The minimum absolute atomic E-state index is 0.141. The van der Waals surface area contributed by atoms with Gasteiger partial charge < -0.3 is 4.74 Å². The number of hydrogen-bond acceptors (Lipinski definition) is 5. The van der Waals surface area contributed by atoms with Crippen molar-refractivity contribution >= 4 is 33.3 Å². The molecule has 28 heavy (non-hydrogen) atoms. The van der Waals surface area contributed by atoms with E-state index in [-0.39, 0.29) is 11.2 Å². The average molecular weight is 423 g/mol. The number of hydrogen-bond donors (Lipinski definition) is 0. The third kappa shape index (κ3) is 5.00. The molecule has 0 amide bonds. The van der Waals surface area contributed by atoms with Crippen LogP contribution in [0.5, 0.6) is 0 Å². The summed E-state index contributed by atoms with van der Waals surface area (Å²) in [6, 6.07) is 0. The molecule has 0 radical (unpaired) electrons. The molecule has 1 aliphatic heterocycles. The zero-order valence-electron chi connectivity index (χ0n) is 18.0. The first-order valence-electron chi connectivity index (χ1n) is 10.6.